The number of carbonyl (C=O) groups is 3. The number of allylic oxidation sites excluding steroid dienone is 2. The van der Waals surface area contributed by atoms with Crippen molar-refractivity contribution in [2.45, 2.75) is 25.7 Å². The van der Waals surface area contributed by atoms with E-state index in [0.29, 0.717) is 12.0 Å². The Kier molecular flexibility index (Phi) is 4.68. The maximum Gasteiger partial charge on any atom is 0.306 e. The van der Waals surface area contributed by atoms with E-state index in [2.05, 4.69) is 0 Å². The molecule has 0 aromatic heterocycles. The average Bonchev–Trinajstić information content (AvgIpc) is 2.64. The van der Waals surface area contributed by atoms with Crippen molar-refractivity contribution >= 4 is 17.5 Å². The molecule has 0 aliphatic heterocycles. The third-order valence-corrected chi connectivity index (χ3v) is 5.13. The lowest BCUT2D eigenvalue weighted by molar-refractivity contribution is -0.142. The molecule has 0 saturated carbocycles. The largest absolute Gasteiger partial charge is 0.489 e. The Morgan fingerprint density at radius 3 is 2.31 bits per heavy atom. The van der Waals surface area contributed by atoms with Crippen LogP contribution in [-0.2, 0) is 30.3 Å². The van der Waals surface area contributed by atoms with E-state index < -0.39 is 29.4 Å². The minimum Gasteiger partial charge on any atom is -0.489 e. The highest BCUT2D eigenvalue weighted by molar-refractivity contribution is 6.24. The lowest BCUT2D eigenvalue weighted by Gasteiger charge is -2.33. The van der Waals surface area contributed by atoms with Crippen molar-refractivity contribution in [3.05, 3.63) is 58.1 Å². The molecule has 1 aromatic rings. The number of methoxy groups -OCH3 is 2. The first-order valence-electron chi connectivity index (χ1n) is 8.33. The molecule has 6 heteroatoms. The summed E-state index contributed by atoms with van der Waals surface area (Å²) in [5.74, 6) is -3.07. The summed E-state index contributed by atoms with van der Waals surface area (Å²) in [4.78, 5) is 37.3. The normalized spacial score (nSPS) is 23.0. The van der Waals surface area contributed by atoms with Crippen molar-refractivity contribution in [3.63, 3.8) is 0 Å². The first-order chi connectivity index (χ1) is 12.4. The molecule has 0 heterocycles. The number of hydrogen-bond donors (Lipinski definition) is 1. The highest BCUT2D eigenvalue weighted by Gasteiger charge is 2.42. The molecule has 0 saturated heterocycles. The van der Waals surface area contributed by atoms with Crippen LogP contribution in [0.1, 0.15) is 30.4 Å². The summed E-state index contributed by atoms with van der Waals surface area (Å²) < 4.78 is 10.2. The van der Waals surface area contributed by atoms with E-state index in [1.165, 1.54) is 14.2 Å². The van der Waals surface area contributed by atoms with E-state index in [1.807, 2.05) is 24.3 Å². The Morgan fingerprint density at radius 1 is 1.08 bits per heavy atom. The van der Waals surface area contributed by atoms with Crippen LogP contribution in [0.5, 0.6) is 0 Å². The number of carbonyl (C=O) groups excluding carboxylic acids is 2. The van der Waals surface area contributed by atoms with Crippen LogP contribution >= 0.6 is 0 Å². The number of benzene rings is 1. The van der Waals surface area contributed by atoms with Gasteiger partial charge in [0.05, 0.1) is 20.1 Å². The van der Waals surface area contributed by atoms with Gasteiger partial charge in [0.25, 0.3) is 0 Å². The van der Waals surface area contributed by atoms with E-state index in [1.54, 1.807) is 6.92 Å². The van der Waals surface area contributed by atoms with E-state index >= 15 is 0 Å². The van der Waals surface area contributed by atoms with Gasteiger partial charge in [0.1, 0.15) is 0 Å². The Bertz CT molecular complexity index is 861. The minimum absolute atomic E-state index is 0.113. The van der Waals surface area contributed by atoms with Gasteiger partial charge in [-0.1, -0.05) is 24.3 Å². The minimum atomic E-state index is -0.905. The molecule has 1 aromatic carbocycles. The Balaban J connectivity index is 2.15. The summed E-state index contributed by atoms with van der Waals surface area (Å²) in [5, 5.41) is 9.52. The quantitative estimate of drug-likeness (QED) is 0.833. The van der Waals surface area contributed by atoms with E-state index in [9.17, 15) is 19.5 Å². The van der Waals surface area contributed by atoms with Gasteiger partial charge in [0.15, 0.2) is 0 Å². The second-order valence-corrected chi connectivity index (χ2v) is 6.49. The second kappa shape index (κ2) is 6.78. The van der Waals surface area contributed by atoms with Crippen LogP contribution in [0.3, 0.4) is 0 Å². The van der Waals surface area contributed by atoms with Crippen molar-refractivity contribution in [3.8, 4) is 0 Å². The standard InChI is InChI=1S/C20H20O6/c1-10-15(17(22)19(26-3)18(25-2)16(10)21)14-9-12(20(23)24)8-11-6-4-5-7-13(11)14/h4-7,12,14H,8-9H2,1-3H3,(H,23,24). The first kappa shape index (κ1) is 17.9. The van der Waals surface area contributed by atoms with E-state index in [-0.39, 0.29) is 23.5 Å². The molecule has 0 amide bonds. The molecule has 0 radical (unpaired) electrons. The van der Waals surface area contributed by atoms with Crippen molar-refractivity contribution in [1.82, 2.24) is 0 Å². The van der Waals surface area contributed by atoms with Crippen LogP contribution in [-0.4, -0.2) is 36.9 Å². The Labute approximate surface area is 151 Å². The molecule has 0 fully saturated rings. The van der Waals surface area contributed by atoms with Gasteiger partial charge >= 0.3 is 5.97 Å². The lowest BCUT2D eigenvalue weighted by Crippen LogP contribution is -2.32. The fourth-order valence-electron chi connectivity index (χ4n) is 3.86. The second-order valence-electron chi connectivity index (χ2n) is 6.49. The number of carboxylic acids is 1. The molecule has 0 bridgehead atoms. The zero-order chi connectivity index (χ0) is 19.0. The summed E-state index contributed by atoms with van der Waals surface area (Å²) in [6.07, 6.45) is 0.671. The molecule has 2 atom stereocenters. The topological polar surface area (TPSA) is 89.9 Å². The van der Waals surface area contributed by atoms with Gasteiger partial charge in [-0.05, 0) is 30.9 Å². The predicted octanol–water partition coefficient (Wildman–Crippen LogP) is 2.39. The number of fused-ring (bicyclic) bond motifs is 1. The summed E-state index contributed by atoms with van der Waals surface area (Å²) in [6.45, 7) is 1.58. The molecule has 1 N–H and O–H groups in total. The van der Waals surface area contributed by atoms with Gasteiger partial charge in [-0.2, -0.15) is 0 Å². The highest BCUT2D eigenvalue weighted by Crippen LogP contribution is 2.43. The van der Waals surface area contributed by atoms with Gasteiger partial charge in [-0.3, -0.25) is 14.4 Å². The molecule has 3 rings (SSSR count). The molecule has 2 aliphatic rings. The van der Waals surface area contributed by atoms with Crippen molar-refractivity contribution in [2.24, 2.45) is 5.92 Å². The Hall–Kier alpha value is -2.89. The molecule has 136 valence electrons. The molecular formula is C20H20O6. The van der Waals surface area contributed by atoms with Gasteiger partial charge in [0, 0.05) is 17.1 Å². The summed E-state index contributed by atoms with van der Waals surface area (Å²) in [5.41, 5.74) is 2.35. The van der Waals surface area contributed by atoms with E-state index in [4.69, 9.17) is 9.47 Å². The zero-order valence-electron chi connectivity index (χ0n) is 14.9. The van der Waals surface area contributed by atoms with Crippen LogP contribution in [0, 0.1) is 5.92 Å². The van der Waals surface area contributed by atoms with Crippen LogP contribution < -0.4 is 0 Å². The van der Waals surface area contributed by atoms with Gasteiger partial charge in [-0.25, -0.2) is 0 Å². The third-order valence-electron chi connectivity index (χ3n) is 5.13. The van der Waals surface area contributed by atoms with Gasteiger partial charge < -0.3 is 14.6 Å². The average molecular weight is 356 g/mol. The number of rotatable bonds is 4. The molecular weight excluding hydrogens is 336 g/mol. The molecule has 0 spiro atoms. The molecule has 2 aliphatic carbocycles. The summed E-state index contributed by atoms with van der Waals surface area (Å²) in [6, 6.07) is 7.46. The number of Topliss-reactive ketones (excluding diaryl/α,β-unsaturated/α-hetero) is 2. The van der Waals surface area contributed by atoms with Crippen LogP contribution in [0.25, 0.3) is 0 Å². The van der Waals surface area contributed by atoms with Crippen LogP contribution in [0.15, 0.2) is 46.9 Å². The number of aliphatic carboxylic acids is 1. The molecule has 6 nitrogen and oxygen atoms in total. The maximum absolute atomic E-state index is 13.0. The molecule has 26 heavy (non-hydrogen) atoms. The monoisotopic (exact) mass is 356 g/mol. The maximum atomic E-state index is 13.0. The van der Waals surface area contributed by atoms with Crippen molar-refractivity contribution in [2.75, 3.05) is 14.2 Å². The summed E-state index contributed by atoms with van der Waals surface area (Å²) in [7, 11) is 2.63. The van der Waals surface area contributed by atoms with Gasteiger partial charge in [0.2, 0.25) is 23.1 Å². The Morgan fingerprint density at radius 2 is 1.69 bits per heavy atom. The first-order valence-corrected chi connectivity index (χ1v) is 8.33. The van der Waals surface area contributed by atoms with Crippen molar-refractivity contribution < 1.29 is 29.0 Å². The van der Waals surface area contributed by atoms with Crippen molar-refractivity contribution in [1.29, 1.82) is 0 Å². The van der Waals surface area contributed by atoms with Crippen LogP contribution in [0.4, 0.5) is 0 Å². The fourth-order valence-corrected chi connectivity index (χ4v) is 3.86. The predicted molar refractivity (Wildman–Crippen MR) is 92.4 cm³/mol. The molecule has 2 unspecified atom stereocenters. The number of hydrogen-bond acceptors (Lipinski definition) is 5. The number of ketones is 2. The number of carboxylic acid groups (broad SMARTS) is 1. The fraction of sp³-hybridized carbons (Fsp3) is 0.350. The summed E-state index contributed by atoms with van der Waals surface area (Å²) >= 11 is 0. The van der Waals surface area contributed by atoms with Crippen LogP contribution in [0.2, 0.25) is 0 Å². The highest BCUT2D eigenvalue weighted by atomic mass is 16.5. The lowest BCUT2D eigenvalue weighted by atomic mass is 9.70. The SMILES string of the molecule is COC1=C(OC)C(=O)C(C2CC(C(=O)O)Cc3ccccc32)=C(C)C1=O. The smallest absolute Gasteiger partial charge is 0.306 e. The zero-order valence-corrected chi connectivity index (χ0v) is 14.9. The number of ether oxygens (including phenoxy) is 2. The van der Waals surface area contributed by atoms with Gasteiger partial charge in [-0.15, -0.1) is 0 Å². The third kappa shape index (κ3) is 2.71. The van der Waals surface area contributed by atoms with E-state index in [0.717, 1.165) is 11.1 Å².